The Bertz CT molecular complexity index is 549. The van der Waals surface area contributed by atoms with Gasteiger partial charge in [0, 0.05) is 12.1 Å². The Kier molecular flexibility index (Phi) is 4.66. The number of rotatable bonds is 5. The van der Waals surface area contributed by atoms with Crippen molar-refractivity contribution in [2.75, 3.05) is 5.32 Å². The molecule has 1 amide bonds. The maximum atomic E-state index is 12.1. The normalized spacial score (nSPS) is 14.4. The first-order valence-electron chi connectivity index (χ1n) is 7.49. The number of nitrogens with one attached hydrogen (secondary N) is 1. The van der Waals surface area contributed by atoms with Gasteiger partial charge in [-0.3, -0.25) is 9.59 Å². The van der Waals surface area contributed by atoms with Gasteiger partial charge in [-0.25, -0.2) is 0 Å². The number of carbonyl (C=O) groups excluding carboxylic acids is 1. The predicted molar refractivity (Wildman–Crippen MR) is 82.4 cm³/mol. The number of aliphatic carboxylic acids is 1. The fourth-order valence-electron chi connectivity index (χ4n) is 2.92. The molecule has 114 valence electrons. The molecule has 1 aromatic rings. The number of benzene rings is 1. The molecule has 0 bridgehead atoms. The largest absolute Gasteiger partial charge is 0.481 e. The van der Waals surface area contributed by atoms with Crippen LogP contribution < -0.4 is 5.32 Å². The summed E-state index contributed by atoms with van der Waals surface area (Å²) in [5, 5.41) is 11.7. The number of hydrogen-bond donors (Lipinski definition) is 2. The Morgan fingerprint density at radius 3 is 2.48 bits per heavy atom. The topological polar surface area (TPSA) is 66.4 Å². The zero-order chi connectivity index (χ0) is 15.5. The lowest BCUT2D eigenvalue weighted by molar-refractivity contribution is -0.139. The van der Waals surface area contributed by atoms with Gasteiger partial charge in [-0.05, 0) is 54.4 Å². The van der Waals surface area contributed by atoms with E-state index in [1.165, 1.54) is 24.0 Å². The van der Waals surface area contributed by atoms with E-state index in [-0.39, 0.29) is 18.7 Å². The predicted octanol–water partition coefficient (Wildman–Crippen LogP) is 3.39. The Hall–Kier alpha value is -1.84. The third kappa shape index (κ3) is 4.59. The lowest BCUT2D eigenvalue weighted by atomic mass is 9.85. The molecular weight excluding hydrogens is 266 g/mol. The summed E-state index contributed by atoms with van der Waals surface area (Å²) in [6, 6.07) is 6.08. The van der Waals surface area contributed by atoms with Gasteiger partial charge in [-0.15, -0.1) is 0 Å². The van der Waals surface area contributed by atoms with Crippen molar-refractivity contribution < 1.29 is 14.7 Å². The van der Waals surface area contributed by atoms with Crippen LogP contribution in [0.1, 0.15) is 50.7 Å². The van der Waals surface area contributed by atoms with Gasteiger partial charge >= 0.3 is 5.97 Å². The number of carboxylic acid groups (broad SMARTS) is 1. The molecular formula is C17H23NO3. The highest BCUT2D eigenvalue weighted by molar-refractivity contribution is 5.91. The molecule has 0 heterocycles. The average molecular weight is 289 g/mol. The molecule has 0 saturated carbocycles. The lowest BCUT2D eigenvalue weighted by Crippen LogP contribution is -2.24. The van der Waals surface area contributed by atoms with Crippen LogP contribution in [0.25, 0.3) is 0 Å². The Morgan fingerprint density at radius 2 is 1.81 bits per heavy atom. The minimum atomic E-state index is -0.874. The summed E-state index contributed by atoms with van der Waals surface area (Å²) in [5.41, 5.74) is 2.98. The van der Waals surface area contributed by atoms with Crippen LogP contribution in [0, 0.1) is 5.41 Å². The van der Waals surface area contributed by atoms with E-state index in [1.54, 1.807) is 13.8 Å². The summed E-state index contributed by atoms with van der Waals surface area (Å²) in [5.74, 6) is -1.00. The van der Waals surface area contributed by atoms with Gasteiger partial charge in [0.25, 0.3) is 0 Å². The molecule has 1 aliphatic rings. The maximum Gasteiger partial charge on any atom is 0.303 e. The standard InChI is InChI=1S/C17H23NO3/c1-17(2,11-16(20)21)10-15(19)18-14-8-7-12-5-3-4-6-13(12)9-14/h7-9H,3-6,10-11H2,1-2H3,(H,18,19)(H,20,21). The van der Waals surface area contributed by atoms with Crippen LogP contribution >= 0.6 is 0 Å². The van der Waals surface area contributed by atoms with E-state index in [0.29, 0.717) is 0 Å². The number of hydrogen-bond acceptors (Lipinski definition) is 2. The van der Waals surface area contributed by atoms with Crippen molar-refractivity contribution in [3.63, 3.8) is 0 Å². The van der Waals surface area contributed by atoms with E-state index in [4.69, 9.17) is 5.11 Å². The van der Waals surface area contributed by atoms with Crippen molar-refractivity contribution in [3.8, 4) is 0 Å². The lowest BCUT2D eigenvalue weighted by Gasteiger charge is -2.22. The van der Waals surface area contributed by atoms with Crippen molar-refractivity contribution in [1.29, 1.82) is 0 Å². The zero-order valence-electron chi connectivity index (χ0n) is 12.7. The second kappa shape index (κ2) is 6.29. The molecule has 0 aliphatic heterocycles. The minimum Gasteiger partial charge on any atom is -0.481 e. The molecule has 4 nitrogen and oxygen atoms in total. The summed E-state index contributed by atoms with van der Waals surface area (Å²) in [6.07, 6.45) is 4.83. The minimum absolute atomic E-state index is 0.00932. The van der Waals surface area contributed by atoms with E-state index < -0.39 is 11.4 Å². The number of aryl methyl sites for hydroxylation is 2. The highest BCUT2D eigenvalue weighted by Crippen LogP contribution is 2.27. The average Bonchev–Trinajstić information content (AvgIpc) is 2.36. The molecule has 0 spiro atoms. The molecule has 0 radical (unpaired) electrons. The monoisotopic (exact) mass is 289 g/mol. The van der Waals surface area contributed by atoms with E-state index in [2.05, 4.69) is 17.4 Å². The summed E-state index contributed by atoms with van der Waals surface area (Å²) < 4.78 is 0. The molecule has 4 heteroatoms. The van der Waals surface area contributed by atoms with Gasteiger partial charge in [0.1, 0.15) is 0 Å². The van der Waals surface area contributed by atoms with Crippen LogP contribution in [0.4, 0.5) is 5.69 Å². The molecule has 2 rings (SSSR count). The molecule has 0 aromatic heterocycles. The van der Waals surface area contributed by atoms with Gasteiger partial charge in [0.15, 0.2) is 0 Å². The number of amides is 1. The first-order chi connectivity index (χ1) is 9.85. The van der Waals surface area contributed by atoms with E-state index in [9.17, 15) is 9.59 Å². The van der Waals surface area contributed by atoms with Crippen molar-refractivity contribution in [2.45, 2.75) is 52.4 Å². The van der Waals surface area contributed by atoms with Crippen molar-refractivity contribution in [3.05, 3.63) is 29.3 Å². The third-order valence-electron chi connectivity index (χ3n) is 3.90. The van der Waals surface area contributed by atoms with E-state index in [1.807, 2.05) is 6.07 Å². The quantitative estimate of drug-likeness (QED) is 0.873. The van der Waals surface area contributed by atoms with Crippen molar-refractivity contribution >= 4 is 17.6 Å². The Labute approximate surface area is 125 Å². The smallest absolute Gasteiger partial charge is 0.303 e. The second-order valence-electron chi connectivity index (χ2n) is 6.65. The van der Waals surface area contributed by atoms with Crippen LogP contribution in [-0.2, 0) is 22.4 Å². The second-order valence-corrected chi connectivity index (χ2v) is 6.65. The Morgan fingerprint density at radius 1 is 1.14 bits per heavy atom. The maximum absolute atomic E-state index is 12.1. The molecule has 21 heavy (non-hydrogen) atoms. The van der Waals surface area contributed by atoms with Crippen LogP contribution in [0.15, 0.2) is 18.2 Å². The van der Waals surface area contributed by atoms with E-state index in [0.717, 1.165) is 18.5 Å². The van der Waals surface area contributed by atoms with E-state index >= 15 is 0 Å². The fourth-order valence-corrected chi connectivity index (χ4v) is 2.92. The Balaban J connectivity index is 1.98. The molecule has 0 fully saturated rings. The highest BCUT2D eigenvalue weighted by atomic mass is 16.4. The first kappa shape index (κ1) is 15.5. The zero-order valence-corrected chi connectivity index (χ0v) is 12.7. The van der Waals surface area contributed by atoms with Gasteiger partial charge in [-0.2, -0.15) is 0 Å². The molecule has 0 saturated heterocycles. The molecule has 2 N–H and O–H groups in total. The van der Waals surface area contributed by atoms with Crippen LogP contribution in [0.2, 0.25) is 0 Å². The number of carboxylic acids is 1. The number of fused-ring (bicyclic) bond motifs is 1. The van der Waals surface area contributed by atoms with Gasteiger partial charge < -0.3 is 10.4 Å². The van der Waals surface area contributed by atoms with Gasteiger partial charge in [0.05, 0.1) is 6.42 Å². The van der Waals surface area contributed by atoms with Crippen molar-refractivity contribution in [1.82, 2.24) is 0 Å². The van der Waals surface area contributed by atoms with Crippen LogP contribution in [-0.4, -0.2) is 17.0 Å². The SMILES string of the molecule is CC(C)(CC(=O)O)CC(=O)Nc1ccc2c(c1)CCCC2. The molecule has 0 unspecified atom stereocenters. The van der Waals surface area contributed by atoms with Crippen LogP contribution in [0.3, 0.4) is 0 Å². The summed E-state index contributed by atoms with van der Waals surface area (Å²) in [7, 11) is 0. The molecule has 1 aliphatic carbocycles. The fraction of sp³-hybridized carbons (Fsp3) is 0.529. The van der Waals surface area contributed by atoms with Crippen LogP contribution in [0.5, 0.6) is 0 Å². The molecule has 1 aromatic carbocycles. The van der Waals surface area contributed by atoms with Gasteiger partial charge in [0.2, 0.25) is 5.91 Å². The summed E-state index contributed by atoms with van der Waals surface area (Å²) >= 11 is 0. The molecule has 0 atom stereocenters. The summed E-state index contributed by atoms with van der Waals surface area (Å²) in [4.78, 5) is 22.9. The number of carbonyl (C=O) groups is 2. The van der Waals surface area contributed by atoms with Gasteiger partial charge in [-0.1, -0.05) is 19.9 Å². The highest BCUT2D eigenvalue weighted by Gasteiger charge is 2.25. The van der Waals surface area contributed by atoms with Crippen molar-refractivity contribution in [2.24, 2.45) is 5.41 Å². The number of anilines is 1. The third-order valence-corrected chi connectivity index (χ3v) is 3.90. The summed E-state index contributed by atoms with van der Waals surface area (Å²) in [6.45, 7) is 3.60. The first-order valence-corrected chi connectivity index (χ1v) is 7.49.